The van der Waals surface area contributed by atoms with Gasteiger partial charge >= 0.3 is 0 Å². The molecular formula is C19H25N. The SMILES string of the molecule is C=C/C(Nc1ccccc1)=C(\CCC)C(=C)/C=C\CC. The molecule has 0 atom stereocenters. The Balaban J connectivity index is 3.05. The third kappa shape index (κ3) is 4.93. The van der Waals surface area contributed by atoms with Gasteiger partial charge in [-0.15, -0.1) is 0 Å². The van der Waals surface area contributed by atoms with Crippen LogP contribution in [0.4, 0.5) is 5.69 Å². The van der Waals surface area contributed by atoms with Gasteiger partial charge in [0, 0.05) is 11.4 Å². The first-order valence-electron chi connectivity index (χ1n) is 7.26. The quantitative estimate of drug-likeness (QED) is 0.581. The van der Waals surface area contributed by atoms with E-state index in [-0.39, 0.29) is 0 Å². The van der Waals surface area contributed by atoms with Gasteiger partial charge in [0.2, 0.25) is 0 Å². The highest BCUT2D eigenvalue weighted by Crippen LogP contribution is 2.23. The summed E-state index contributed by atoms with van der Waals surface area (Å²) in [6.45, 7) is 12.4. The molecule has 1 aromatic carbocycles. The van der Waals surface area contributed by atoms with Gasteiger partial charge in [-0.25, -0.2) is 0 Å². The molecular weight excluding hydrogens is 242 g/mol. The Morgan fingerprint density at radius 2 is 1.90 bits per heavy atom. The molecule has 1 N–H and O–H groups in total. The van der Waals surface area contributed by atoms with Gasteiger partial charge in [-0.1, -0.05) is 63.8 Å². The molecule has 0 aromatic heterocycles. The van der Waals surface area contributed by atoms with Crippen LogP contribution in [0.5, 0.6) is 0 Å². The lowest BCUT2D eigenvalue weighted by atomic mass is 9.99. The van der Waals surface area contributed by atoms with E-state index in [1.165, 1.54) is 5.57 Å². The van der Waals surface area contributed by atoms with E-state index >= 15 is 0 Å². The smallest absolute Gasteiger partial charge is 0.0416 e. The van der Waals surface area contributed by atoms with Crippen molar-refractivity contribution < 1.29 is 0 Å². The molecule has 0 radical (unpaired) electrons. The topological polar surface area (TPSA) is 12.0 Å². The molecule has 0 fully saturated rings. The molecule has 1 nitrogen and oxygen atoms in total. The molecule has 0 saturated heterocycles. The fraction of sp³-hybridized carbons (Fsp3) is 0.263. The lowest BCUT2D eigenvalue weighted by Gasteiger charge is -2.15. The van der Waals surface area contributed by atoms with Gasteiger partial charge in [-0.05, 0) is 42.2 Å². The first kappa shape index (κ1) is 16.0. The number of para-hydroxylation sites is 1. The predicted octanol–water partition coefficient (Wildman–Crippen LogP) is 5.86. The molecule has 106 valence electrons. The van der Waals surface area contributed by atoms with Gasteiger partial charge in [0.05, 0.1) is 0 Å². The van der Waals surface area contributed by atoms with Crippen LogP contribution in [-0.2, 0) is 0 Å². The summed E-state index contributed by atoms with van der Waals surface area (Å²) in [7, 11) is 0. The minimum atomic E-state index is 0.994. The highest BCUT2D eigenvalue weighted by atomic mass is 14.9. The van der Waals surface area contributed by atoms with Crippen LogP contribution in [0, 0.1) is 0 Å². The summed E-state index contributed by atoms with van der Waals surface area (Å²) in [5.74, 6) is 0. The lowest BCUT2D eigenvalue weighted by molar-refractivity contribution is 0.910. The molecule has 0 bridgehead atoms. The van der Waals surface area contributed by atoms with E-state index in [0.717, 1.165) is 36.2 Å². The second-order valence-electron chi connectivity index (χ2n) is 4.67. The van der Waals surface area contributed by atoms with Crippen molar-refractivity contribution in [1.29, 1.82) is 0 Å². The molecule has 0 heterocycles. The zero-order chi connectivity index (χ0) is 14.8. The second-order valence-corrected chi connectivity index (χ2v) is 4.67. The Bertz CT molecular complexity index is 492. The van der Waals surface area contributed by atoms with Crippen molar-refractivity contribution in [3.63, 3.8) is 0 Å². The maximum Gasteiger partial charge on any atom is 0.0416 e. The molecule has 0 saturated carbocycles. The fourth-order valence-corrected chi connectivity index (χ4v) is 2.01. The maximum absolute atomic E-state index is 4.19. The first-order valence-corrected chi connectivity index (χ1v) is 7.26. The van der Waals surface area contributed by atoms with Gasteiger partial charge < -0.3 is 5.32 Å². The molecule has 0 aliphatic rings. The normalized spacial score (nSPS) is 12.1. The third-order valence-electron chi connectivity index (χ3n) is 3.02. The summed E-state index contributed by atoms with van der Waals surface area (Å²) >= 11 is 0. The lowest BCUT2D eigenvalue weighted by Crippen LogP contribution is -2.02. The number of nitrogens with one attached hydrogen (secondary N) is 1. The highest BCUT2D eigenvalue weighted by molar-refractivity contribution is 5.55. The van der Waals surface area contributed by atoms with Crippen molar-refractivity contribution in [3.8, 4) is 0 Å². The Morgan fingerprint density at radius 1 is 1.20 bits per heavy atom. The number of benzene rings is 1. The fourth-order valence-electron chi connectivity index (χ4n) is 2.01. The number of hydrogen-bond donors (Lipinski definition) is 1. The molecule has 20 heavy (non-hydrogen) atoms. The average molecular weight is 267 g/mol. The van der Waals surface area contributed by atoms with Gasteiger partial charge in [-0.3, -0.25) is 0 Å². The van der Waals surface area contributed by atoms with Crippen molar-refractivity contribution >= 4 is 5.69 Å². The van der Waals surface area contributed by atoms with Crippen LogP contribution in [0.25, 0.3) is 0 Å². The van der Waals surface area contributed by atoms with Crippen LogP contribution in [0.15, 0.2) is 78.6 Å². The van der Waals surface area contributed by atoms with E-state index < -0.39 is 0 Å². The molecule has 0 spiro atoms. The van der Waals surface area contributed by atoms with Gasteiger partial charge in [-0.2, -0.15) is 0 Å². The molecule has 1 aromatic rings. The van der Waals surface area contributed by atoms with Crippen LogP contribution in [-0.4, -0.2) is 0 Å². The molecule has 0 aliphatic carbocycles. The summed E-state index contributed by atoms with van der Waals surface area (Å²) in [6, 6.07) is 10.2. The Kier molecular flexibility index (Phi) is 7.20. The van der Waals surface area contributed by atoms with Crippen molar-refractivity contribution in [1.82, 2.24) is 0 Å². The number of rotatable bonds is 8. The van der Waals surface area contributed by atoms with Crippen LogP contribution in [0.1, 0.15) is 33.1 Å². The van der Waals surface area contributed by atoms with Crippen molar-refractivity contribution in [3.05, 3.63) is 78.6 Å². The van der Waals surface area contributed by atoms with Crippen LogP contribution >= 0.6 is 0 Å². The van der Waals surface area contributed by atoms with Crippen LogP contribution < -0.4 is 5.32 Å². The maximum atomic E-state index is 4.19. The number of hydrogen-bond acceptors (Lipinski definition) is 1. The Hall–Kier alpha value is -2.02. The van der Waals surface area contributed by atoms with E-state index in [2.05, 4.69) is 56.6 Å². The van der Waals surface area contributed by atoms with Crippen molar-refractivity contribution in [2.45, 2.75) is 33.1 Å². The van der Waals surface area contributed by atoms with E-state index in [0.29, 0.717) is 0 Å². The zero-order valence-electron chi connectivity index (χ0n) is 12.7. The molecule has 0 aliphatic heterocycles. The van der Waals surface area contributed by atoms with E-state index in [9.17, 15) is 0 Å². The second kappa shape index (κ2) is 8.98. The molecule has 0 amide bonds. The predicted molar refractivity (Wildman–Crippen MR) is 90.8 cm³/mol. The minimum absolute atomic E-state index is 0.994. The third-order valence-corrected chi connectivity index (χ3v) is 3.02. The van der Waals surface area contributed by atoms with Crippen LogP contribution in [0.3, 0.4) is 0 Å². The monoisotopic (exact) mass is 267 g/mol. The first-order chi connectivity index (χ1) is 9.72. The molecule has 0 unspecified atom stereocenters. The van der Waals surface area contributed by atoms with Crippen molar-refractivity contribution in [2.24, 2.45) is 0 Å². The summed E-state index contributed by atoms with van der Waals surface area (Å²) < 4.78 is 0. The van der Waals surface area contributed by atoms with Gasteiger partial charge in [0.25, 0.3) is 0 Å². The largest absolute Gasteiger partial charge is 0.355 e. The van der Waals surface area contributed by atoms with Crippen LogP contribution in [0.2, 0.25) is 0 Å². The molecule has 1 heteroatoms. The minimum Gasteiger partial charge on any atom is -0.355 e. The number of anilines is 1. The van der Waals surface area contributed by atoms with Gasteiger partial charge in [0.15, 0.2) is 0 Å². The Morgan fingerprint density at radius 3 is 2.45 bits per heavy atom. The van der Waals surface area contributed by atoms with E-state index in [4.69, 9.17) is 0 Å². The zero-order valence-corrected chi connectivity index (χ0v) is 12.7. The standard InChI is InChI=1S/C19H25N/c1-5-8-13-16(4)18(12-6-2)19(7-3)20-17-14-10-9-11-15-17/h7-11,13-15,20H,3-6,12H2,1-2H3/b13-8-,19-18-. The van der Waals surface area contributed by atoms with E-state index in [1.54, 1.807) is 0 Å². The summed E-state index contributed by atoms with van der Waals surface area (Å²) in [6.07, 6.45) is 9.22. The van der Waals surface area contributed by atoms with Gasteiger partial charge in [0.1, 0.15) is 0 Å². The average Bonchev–Trinajstić information content (AvgIpc) is 2.49. The number of allylic oxidation sites excluding steroid dienone is 5. The summed E-state index contributed by atoms with van der Waals surface area (Å²) in [5.41, 5.74) is 4.41. The van der Waals surface area contributed by atoms with E-state index in [1.807, 2.05) is 24.3 Å². The Labute approximate surface area is 123 Å². The summed E-state index contributed by atoms with van der Waals surface area (Å²) in [4.78, 5) is 0. The van der Waals surface area contributed by atoms with Crippen molar-refractivity contribution in [2.75, 3.05) is 5.32 Å². The molecule has 1 rings (SSSR count). The summed E-state index contributed by atoms with van der Waals surface area (Å²) in [5, 5.41) is 3.44. The highest BCUT2D eigenvalue weighted by Gasteiger charge is 2.06.